The SMILES string of the molecule is COc1cc(C(=O)N2CCN(S(=O)(=O)c3ccc(C(C)C)cc3)CC2)cc(OC)c1C. The zero-order valence-corrected chi connectivity index (χ0v) is 19.5. The van der Waals surface area contributed by atoms with Crippen molar-refractivity contribution >= 4 is 15.9 Å². The van der Waals surface area contributed by atoms with Crippen molar-refractivity contribution < 1.29 is 22.7 Å². The van der Waals surface area contributed by atoms with Crippen molar-refractivity contribution in [2.75, 3.05) is 40.4 Å². The van der Waals surface area contributed by atoms with Gasteiger partial charge in [0, 0.05) is 37.3 Å². The van der Waals surface area contributed by atoms with Gasteiger partial charge in [0.25, 0.3) is 5.91 Å². The van der Waals surface area contributed by atoms with Crippen LogP contribution in [0.2, 0.25) is 0 Å². The van der Waals surface area contributed by atoms with E-state index in [0.717, 1.165) is 11.1 Å². The van der Waals surface area contributed by atoms with Gasteiger partial charge >= 0.3 is 0 Å². The van der Waals surface area contributed by atoms with Crippen LogP contribution in [0.3, 0.4) is 0 Å². The number of hydrogen-bond donors (Lipinski definition) is 0. The number of amides is 1. The fourth-order valence-corrected chi connectivity index (χ4v) is 5.12. The Bertz CT molecular complexity index is 1020. The summed E-state index contributed by atoms with van der Waals surface area (Å²) < 4.78 is 38.2. The van der Waals surface area contributed by atoms with E-state index in [2.05, 4.69) is 13.8 Å². The molecule has 1 fully saturated rings. The summed E-state index contributed by atoms with van der Waals surface area (Å²) in [5.41, 5.74) is 2.37. The third-order valence-electron chi connectivity index (χ3n) is 5.71. The molecule has 168 valence electrons. The van der Waals surface area contributed by atoms with Crippen LogP contribution < -0.4 is 9.47 Å². The number of rotatable bonds is 6. The molecule has 0 bridgehead atoms. The first-order chi connectivity index (χ1) is 14.7. The zero-order chi connectivity index (χ0) is 22.8. The summed E-state index contributed by atoms with van der Waals surface area (Å²) in [6.07, 6.45) is 0. The molecule has 0 atom stereocenters. The molecule has 0 radical (unpaired) electrons. The van der Waals surface area contributed by atoms with Crippen molar-refractivity contribution in [1.29, 1.82) is 0 Å². The van der Waals surface area contributed by atoms with Crippen molar-refractivity contribution in [1.82, 2.24) is 9.21 Å². The molecule has 1 aliphatic rings. The number of carbonyl (C=O) groups excluding carboxylic acids is 1. The van der Waals surface area contributed by atoms with Gasteiger partial charge in [-0.3, -0.25) is 4.79 Å². The number of piperazine rings is 1. The zero-order valence-electron chi connectivity index (χ0n) is 18.7. The van der Waals surface area contributed by atoms with Crippen molar-refractivity contribution in [3.05, 3.63) is 53.1 Å². The Morgan fingerprint density at radius 3 is 1.90 bits per heavy atom. The summed E-state index contributed by atoms with van der Waals surface area (Å²) in [6, 6.07) is 10.4. The smallest absolute Gasteiger partial charge is 0.254 e. The van der Waals surface area contributed by atoms with E-state index in [1.807, 2.05) is 19.1 Å². The molecular formula is C23H30N2O5S. The number of methoxy groups -OCH3 is 2. The van der Waals surface area contributed by atoms with E-state index < -0.39 is 10.0 Å². The first kappa shape index (κ1) is 23.1. The van der Waals surface area contributed by atoms with Crippen LogP contribution in [-0.2, 0) is 10.0 Å². The fraction of sp³-hybridized carbons (Fsp3) is 0.435. The predicted octanol–water partition coefficient (Wildman–Crippen LogP) is 3.28. The Balaban J connectivity index is 1.72. The van der Waals surface area contributed by atoms with Gasteiger partial charge in [-0.25, -0.2) is 8.42 Å². The second-order valence-corrected chi connectivity index (χ2v) is 9.86. The lowest BCUT2D eigenvalue weighted by Crippen LogP contribution is -2.50. The third-order valence-corrected chi connectivity index (χ3v) is 7.62. The molecule has 1 aliphatic heterocycles. The normalized spacial score (nSPS) is 15.2. The summed E-state index contributed by atoms with van der Waals surface area (Å²) in [7, 11) is -0.492. The molecule has 2 aromatic carbocycles. The summed E-state index contributed by atoms with van der Waals surface area (Å²) in [6.45, 7) is 7.14. The van der Waals surface area contributed by atoms with Crippen molar-refractivity contribution in [2.24, 2.45) is 0 Å². The molecular weight excluding hydrogens is 416 g/mol. The van der Waals surface area contributed by atoms with E-state index in [9.17, 15) is 13.2 Å². The lowest BCUT2D eigenvalue weighted by atomic mass is 10.0. The van der Waals surface area contributed by atoms with Gasteiger partial charge in [-0.1, -0.05) is 26.0 Å². The van der Waals surface area contributed by atoms with Gasteiger partial charge in [-0.05, 0) is 42.7 Å². The average molecular weight is 447 g/mol. The number of sulfonamides is 1. The van der Waals surface area contributed by atoms with Crippen LogP contribution in [0.5, 0.6) is 11.5 Å². The summed E-state index contributed by atoms with van der Waals surface area (Å²) in [5, 5.41) is 0. The van der Waals surface area contributed by atoms with Gasteiger partial charge in [0.15, 0.2) is 0 Å². The lowest BCUT2D eigenvalue weighted by Gasteiger charge is -2.34. The maximum Gasteiger partial charge on any atom is 0.254 e. The highest BCUT2D eigenvalue weighted by molar-refractivity contribution is 7.89. The highest BCUT2D eigenvalue weighted by Crippen LogP contribution is 2.30. The quantitative estimate of drug-likeness (QED) is 0.681. The van der Waals surface area contributed by atoms with Gasteiger partial charge in [-0.2, -0.15) is 4.31 Å². The van der Waals surface area contributed by atoms with E-state index >= 15 is 0 Å². The third kappa shape index (κ3) is 4.70. The predicted molar refractivity (Wildman–Crippen MR) is 119 cm³/mol. The molecule has 7 nitrogen and oxygen atoms in total. The van der Waals surface area contributed by atoms with Crippen LogP contribution >= 0.6 is 0 Å². The minimum absolute atomic E-state index is 0.171. The Morgan fingerprint density at radius 1 is 0.935 bits per heavy atom. The number of benzene rings is 2. The fourth-order valence-electron chi connectivity index (χ4n) is 3.70. The van der Waals surface area contributed by atoms with E-state index in [4.69, 9.17) is 9.47 Å². The van der Waals surface area contributed by atoms with Crippen molar-refractivity contribution in [2.45, 2.75) is 31.6 Å². The first-order valence-corrected chi connectivity index (χ1v) is 11.7. The Morgan fingerprint density at radius 2 is 1.45 bits per heavy atom. The number of nitrogens with zero attached hydrogens (tertiary/aromatic N) is 2. The molecule has 31 heavy (non-hydrogen) atoms. The highest BCUT2D eigenvalue weighted by atomic mass is 32.2. The molecule has 0 saturated carbocycles. The standard InChI is InChI=1S/C23H30N2O5S/c1-16(2)18-6-8-20(9-7-18)31(27,28)25-12-10-24(11-13-25)23(26)19-14-21(29-4)17(3)22(15-19)30-5/h6-9,14-16H,10-13H2,1-5H3. The van der Waals surface area contributed by atoms with Gasteiger partial charge in [0.1, 0.15) is 11.5 Å². The number of ether oxygens (including phenoxy) is 2. The van der Waals surface area contributed by atoms with Gasteiger partial charge < -0.3 is 14.4 Å². The minimum Gasteiger partial charge on any atom is -0.496 e. The van der Waals surface area contributed by atoms with Gasteiger partial charge in [-0.15, -0.1) is 0 Å². The van der Waals surface area contributed by atoms with Crippen LogP contribution in [0, 0.1) is 6.92 Å². The Kier molecular flexibility index (Phi) is 6.91. The number of carbonyl (C=O) groups is 1. The molecule has 0 aromatic heterocycles. The minimum atomic E-state index is -3.59. The maximum atomic E-state index is 13.0. The lowest BCUT2D eigenvalue weighted by molar-refractivity contribution is 0.0697. The second kappa shape index (κ2) is 9.28. The molecule has 0 unspecified atom stereocenters. The summed E-state index contributed by atoms with van der Waals surface area (Å²) in [5.74, 6) is 1.32. The van der Waals surface area contributed by atoms with E-state index in [-0.39, 0.29) is 23.9 Å². The molecule has 8 heteroatoms. The van der Waals surface area contributed by atoms with Crippen molar-refractivity contribution in [3.8, 4) is 11.5 Å². The van der Waals surface area contributed by atoms with Crippen LogP contribution in [0.25, 0.3) is 0 Å². The second-order valence-electron chi connectivity index (χ2n) is 7.93. The van der Waals surface area contributed by atoms with Gasteiger partial charge in [0.2, 0.25) is 10.0 Å². The number of hydrogen-bond acceptors (Lipinski definition) is 5. The molecule has 1 heterocycles. The molecule has 0 N–H and O–H groups in total. The molecule has 1 amide bonds. The van der Waals surface area contributed by atoms with E-state index in [1.165, 1.54) is 4.31 Å². The molecule has 0 spiro atoms. The topological polar surface area (TPSA) is 76.2 Å². The van der Waals surface area contributed by atoms with E-state index in [0.29, 0.717) is 36.1 Å². The van der Waals surface area contributed by atoms with Crippen LogP contribution in [-0.4, -0.2) is 63.9 Å². The monoisotopic (exact) mass is 446 g/mol. The average Bonchev–Trinajstić information content (AvgIpc) is 2.78. The summed E-state index contributed by atoms with van der Waals surface area (Å²) in [4.78, 5) is 15.0. The van der Waals surface area contributed by atoms with Crippen LogP contribution in [0.4, 0.5) is 0 Å². The molecule has 3 rings (SSSR count). The molecule has 1 saturated heterocycles. The Labute approximate surface area is 184 Å². The largest absolute Gasteiger partial charge is 0.496 e. The molecule has 0 aliphatic carbocycles. The maximum absolute atomic E-state index is 13.0. The van der Waals surface area contributed by atoms with Crippen LogP contribution in [0.1, 0.15) is 41.3 Å². The highest BCUT2D eigenvalue weighted by Gasteiger charge is 2.31. The molecule has 2 aromatic rings. The first-order valence-electron chi connectivity index (χ1n) is 10.3. The Hall–Kier alpha value is -2.58. The van der Waals surface area contributed by atoms with E-state index in [1.54, 1.807) is 43.4 Å². The van der Waals surface area contributed by atoms with Gasteiger partial charge in [0.05, 0.1) is 19.1 Å². The van der Waals surface area contributed by atoms with Crippen molar-refractivity contribution in [3.63, 3.8) is 0 Å². The van der Waals surface area contributed by atoms with Crippen LogP contribution in [0.15, 0.2) is 41.3 Å². The summed E-state index contributed by atoms with van der Waals surface area (Å²) >= 11 is 0.